The van der Waals surface area contributed by atoms with Crippen LogP contribution in [0.5, 0.6) is 0 Å². The minimum Gasteiger partial charge on any atom is -0.480 e. The smallest absolute Gasteiger partial charge is 0.407 e. The Morgan fingerprint density at radius 2 is 1.70 bits per heavy atom. The SMILES string of the molecule is O=C(NC1COCC1C(=O)N1CCC[C@H]1C(=O)O)OCC1c2ccccc2-c2ccccc21. The molecule has 1 aliphatic carbocycles. The third-order valence-corrected chi connectivity index (χ3v) is 6.87. The summed E-state index contributed by atoms with van der Waals surface area (Å²) < 4.78 is 11.0. The van der Waals surface area contributed by atoms with Gasteiger partial charge >= 0.3 is 12.1 Å². The quantitative estimate of drug-likeness (QED) is 0.726. The molecule has 0 radical (unpaired) electrons. The van der Waals surface area contributed by atoms with E-state index in [1.165, 1.54) is 4.90 Å². The van der Waals surface area contributed by atoms with Gasteiger partial charge in [0.2, 0.25) is 5.91 Å². The summed E-state index contributed by atoms with van der Waals surface area (Å²) in [5.41, 5.74) is 4.54. The fourth-order valence-corrected chi connectivity index (χ4v) is 5.23. The molecule has 0 aromatic heterocycles. The second-order valence-corrected chi connectivity index (χ2v) is 8.75. The number of rotatable bonds is 5. The molecule has 8 nitrogen and oxygen atoms in total. The van der Waals surface area contributed by atoms with Crippen molar-refractivity contribution in [1.82, 2.24) is 10.2 Å². The van der Waals surface area contributed by atoms with E-state index in [1.54, 1.807) is 0 Å². The van der Waals surface area contributed by atoms with E-state index in [-0.39, 0.29) is 31.6 Å². The third-order valence-electron chi connectivity index (χ3n) is 6.87. The van der Waals surface area contributed by atoms with Crippen molar-refractivity contribution in [3.8, 4) is 11.1 Å². The molecule has 2 aromatic carbocycles. The van der Waals surface area contributed by atoms with Gasteiger partial charge in [-0.3, -0.25) is 4.79 Å². The van der Waals surface area contributed by atoms with Gasteiger partial charge in [-0.05, 0) is 35.1 Å². The number of ether oxygens (including phenoxy) is 2. The summed E-state index contributed by atoms with van der Waals surface area (Å²) >= 11 is 0. The van der Waals surface area contributed by atoms with Gasteiger partial charge in [-0.2, -0.15) is 0 Å². The fourth-order valence-electron chi connectivity index (χ4n) is 5.23. The van der Waals surface area contributed by atoms with E-state index in [0.717, 1.165) is 22.3 Å². The molecule has 5 rings (SSSR count). The zero-order valence-electron chi connectivity index (χ0n) is 18.1. The van der Waals surface area contributed by atoms with Crippen LogP contribution in [0.15, 0.2) is 48.5 Å². The third kappa shape index (κ3) is 3.95. The molecule has 3 atom stereocenters. The summed E-state index contributed by atoms with van der Waals surface area (Å²) in [4.78, 5) is 38.5. The number of nitrogens with zero attached hydrogens (tertiary/aromatic N) is 1. The van der Waals surface area contributed by atoms with E-state index >= 15 is 0 Å². The molecular formula is C25H26N2O6. The van der Waals surface area contributed by atoms with Gasteiger partial charge in [0.05, 0.1) is 25.2 Å². The minimum absolute atomic E-state index is 0.0543. The van der Waals surface area contributed by atoms with Crippen LogP contribution in [0.2, 0.25) is 0 Å². The normalized spacial score (nSPS) is 23.8. The highest BCUT2D eigenvalue weighted by Gasteiger charge is 2.43. The second kappa shape index (κ2) is 8.86. The van der Waals surface area contributed by atoms with E-state index in [1.807, 2.05) is 24.3 Å². The van der Waals surface area contributed by atoms with Crippen molar-refractivity contribution < 1.29 is 29.0 Å². The number of carboxylic acid groups (broad SMARTS) is 1. The zero-order chi connectivity index (χ0) is 22.9. The number of carbonyl (C=O) groups excluding carboxylic acids is 2. The van der Waals surface area contributed by atoms with Gasteiger partial charge < -0.3 is 24.8 Å². The standard InChI is InChI=1S/C25H26N2O6/c28-23(27-11-5-10-22(27)24(29)30)20-12-32-14-21(20)26-25(31)33-13-19-17-8-3-1-6-15(17)16-7-2-4-9-18(16)19/h1-4,6-9,19-22H,5,10-14H2,(H,26,31)(H,29,30)/t20?,21?,22-/m0/s1. The molecule has 0 spiro atoms. The summed E-state index contributed by atoms with van der Waals surface area (Å²) in [6.45, 7) is 0.922. The van der Waals surface area contributed by atoms with Gasteiger partial charge in [-0.1, -0.05) is 48.5 Å². The summed E-state index contributed by atoms with van der Waals surface area (Å²) in [6.07, 6.45) is 0.487. The first-order valence-corrected chi connectivity index (χ1v) is 11.3. The molecule has 2 unspecified atom stereocenters. The first-order chi connectivity index (χ1) is 16.0. The van der Waals surface area contributed by atoms with Gasteiger partial charge in [0.15, 0.2) is 0 Å². The lowest BCUT2D eigenvalue weighted by Gasteiger charge is -2.27. The van der Waals surface area contributed by atoms with E-state index in [9.17, 15) is 19.5 Å². The van der Waals surface area contributed by atoms with Crippen molar-refractivity contribution in [3.05, 3.63) is 59.7 Å². The molecule has 0 saturated carbocycles. The molecule has 2 heterocycles. The van der Waals surface area contributed by atoms with Crippen molar-refractivity contribution in [1.29, 1.82) is 0 Å². The number of amides is 2. The number of carbonyl (C=O) groups is 3. The van der Waals surface area contributed by atoms with Gasteiger partial charge in [-0.15, -0.1) is 0 Å². The number of likely N-dealkylation sites (tertiary alicyclic amines) is 1. The molecule has 2 fully saturated rings. The van der Waals surface area contributed by atoms with Crippen molar-refractivity contribution in [2.75, 3.05) is 26.4 Å². The molecule has 3 aliphatic rings. The predicted molar refractivity (Wildman–Crippen MR) is 119 cm³/mol. The van der Waals surface area contributed by atoms with Gasteiger partial charge in [0.25, 0.3) is 0 Å². The number of benzene rings is 2. The molecule has 2 saturated heterocycles. The zero-order valence-corrected chi connectivity index (χ0v) is 18.1. The second-order valence-electron chi connectivity index (χ2n) is 8.75. The minimum atomic E-state index is -0.999. The maximum atomic E-state index is 13.0. The van der Waals surface area contributed by atoms with Crippen LogP contribution in [0.25, 0.3) is 11.1 Å². The van der Waals surface area contributed by atoms with Crippen molar-refractivity contribution in [2.45, 2.75) is 30.8 Å². The number of alkyl carbamates (subject to hydrolysis) is 1. The molecular weight excluding hydrogens is 424 g/mol. The largest absolute Gasteiger partial charge is 0.480 e. The average molecular weight is 450 g/mol. The highest BCUT2D eigenvalue weighted by atomic mass is 16.5. The Morgan fingerprint density at radius 1 is 1.03 bits per heavy atom. The van der Waals surface area contributed by atoms with Crippen LogP contribution in [0, 0.1) is 5.92 Å². The number of carboxylic acids is 1. The average Bonchev–Trinajstić information content (AvgIpc) is 3.55. The van der Waals surface area contributed by atoms with Crippen LogP contribution in [0.3, 0.4) is 0 Å². The van der Waals surface area contributed by atoms with Gasteiger partial charge in [0, 0.05) is 12.5 Å². The maximum Gasteiger partial charge on any atom is 0.407 e. The first kappa shape index (κ1) is 21.5. The first-order valence-electron chi connectivity index (χ1n) is 11.3. The lowest BCUT2D eigenvalue weighted by molar-refractivity contribution is -0.150. The monoisotopic (exact) mass is 450 g/mol. The van der Waals surface area contributed by atoms with Crippen molar-refractivity contribution in [3.63, 3.8) is 0 Å². The molecule has 0 bridgehead atoms. The topological polar surface area (TPSA) is 105 Å². The Labute approximate surface area is 191 Å². The van der Waals surface area contributed by atoms with E-state index in [0.29, 0.717) is 19.4 Å². The predicted octanol–water partition coefficient (Wildman–Crippen LogP) is 2.62. The highest BCUT2D eigenvalue weighted by Crippen LogP contribution is 2.44. The lowest BCUT2D eigenvalue weighted by atomic mass is 9.98. The molecule has 2 N–H and O–H groups in total. The van der Waals surface area contributed by atoms with Crippen LogP contribution in [-0.2, 0) is 19.1 Å². The van der Waals surface area contributed by atoms with Crippen LogP contribution >= 0.6 is 0 Å². The number of nitrogens with one attached hydrogen (secondary N) is 1. The summed E-state index contributed by atoms with van der Waals surface area (Å²) in [5.74, 6) is -1.96. The van der Waals surface area contributed by atoms with E-state index < -0.39 is 30.1 Å². The van der Waals surface area contributed by atoms with Crippen LogP contribution in [0.4, 0.5) is 4.79 Å². The summed E-state index contributed by atoms with van der Waals surface area (Å²) in [7, 11) is 0. The van der Waals surface area contributed by atoms with E-state index in [4.69, 9.17) is 9.47 Å². The molecule has 8 heteroatoms. The number of aliphatic carboxylic acids is 1. The van der Waals surface area contributed by atoms with Crippen LogP contribution in [-0.4, -0.2) is 66.4 Å². The molecule has 2 amide bonds. The molecule has 2 aliphatic heterocycles. The Bertz CT molecular complexity index is 1040. The Morgan fingerprint density at radius 3 is 2.36 bits per heavy atom. The number of fused-ring (bicyclic) bond motifs is 3. The van der Waals surface area contributed by atoms with Gasteiger partial charge in [-0.25, -0.2) is 9.59 Å². The number of hydrogen-bond donors (Lipinski definition) is 2. The van der Waals surface area contributed by atoms with Crippen LogP contribution in [0.1, 0.15) is 29.9 Å². The Hall–Kier alpha value is -3.39. The maximum absolute atomic E-state index is 13.0. The molecule has 2 aromatic rings. The van der Waals surface area contributed by atoms with E-state index in [2.05, 4.69) is 29.6 Å². The molecule has 172 valence electrons. The van der Waals surface area contributed by atoms with Crippen molar-refractivity contribution in [2.24, 2.45) is 5.92 Å². The van der Waals surface area contributed by atoms with Crippen molar-refractivity contribution >= 4 is 18.0 Å². The summed E-state index contributed by atoms with van der Waals surface area (Å²) in [5, 5.41) is 12.2. The Kier molecular flexibility index (Phi) is 5.76. The van der Waals surface area contributed by atoms with Gasteiger partial charge in [0.1, 0.15) is 12.6 Å². The van der Waals surface area contributed by atoms with Crippen LogP contribution < -0.4 is 5.32 Å². The number of hydrogen-bond acceptors (Lipinski definition) is 5. The lowest BCUT2D eigenvalue weighted by Crippen LogP contribution is -2.50. The molecule has 33 heavy (non-hydrogen) atoms. The Balaban J connectivity index is 1.23. The summed E-state index contributed by atoms with van der Waals surface area (Å²) in [6, 6.07) is 14.8. The highest BCUT2D eigenvalue weighted by molar-refractivity contribution is 5.87. The fraction of sp³-hybridized carbons (Fsp3) is 0.400.